The van der Waals surface area contributed by atoms with E-state index in [1.54, 1.807) is 23.1 Å². The van der Waals surface area contributed by atoms with Crippen molar-refractivity contribution in [2.24, 2.45) is 0 Å². The predicted octanol–water partition coefficient (Wildman–Crippen LogP) is 6.95. The van der Waals surface area contributed by atoms with E-state index in [0.29, 0.717) is 6.54 Å². The van der Waals surface area contributed by atoms with Gasteiger partial charge in [-0.05, 0) is 56.5 Å². The molecule has 4 rings (SSSR count). The SMILES string of the molecule is C=CCn1c(SCc2csc(-c3ccccc3C)n2)nnc1C(C)Oc1ccc(C)c(C)c1. The highest BCUT2D eigenvalue weighted by Crippen LogP contribution is 2.31. The number of allylic oxidation sites excluding steroid dienone is 1. The lowest BCUT2D eigenvalue weighted by Crippen LogP contribution is -2.12. The summed E-state index contributed by atoms with van der Waals surface area (Å²) >= 11 is 3.31. The lowest BCUT2D eigenvalue weighted by atomic mass is 10.1. The fourth-order valence-corrected chi connectivity index (χ4v) is 5.36. The maximum absolute atomic E-state index is 6.19. The van der Waals surface area contributed by atoms with Gasteiger partial charge in [-0.15, -0.1) is 28.1 Å². The quantitative estimate of drug-likeness (QED) is 0.193. The zero-order valence-electron chi connectivity index (χ0n) is 19.4. The van der Waals surface area contributed by atoms with E-state index in [9.17, 15) is 0 Å². The van der Waals surface area contributed by atoms with Gasteiger partial charge in [0.25, 0.3) is 0 Å². The normalized spacial score (nSPS) is 12.0. The van der Waals surface area contributed by atoms with Crippen molar-refractivity contribution in [3.8, 4) is 16.3 Å². The van der Waals surface area contributed by atoms with Crippen LogP contribution in [0.25, 0.3) is 10.6 Å². The molecule has 0 saturated carbocycles. The molecule has 0 N–H and O–H groups in total. The van der Waals surface area contributed by atoms with Gasteiger partial charge in [-0.3, -0.25) is 4.57 Å². The van der Waals surface area contributed by atoms with E-state index >= 15 is 0 Å². The van der Waals surface area contributed by atoms with E-state index in [1.807, 2.05) is 19.1 Å². The second-order valence-corrected chi connectivity index (χ2v) is 9.79. The number of nitrogens with zero attached hydrogens (tertiary/aromatic N) is 4. The molecule has 0 radical (unpaired) electrons. The highest BCUT2D eigenvalue weighted by Gasteiger charge is 2.20. The molecule has 0 saturated heterocycles. The van der Waals surface area contributed by atoms with E-state index < -0.39 is 0 Å². The van der Waals surface area contributed by atoms with Crippen molar-refractivity contribution < 1.29 is 4.74 Å². The molecule has 5 nitrogen and oxygen atoms in total. The van der Waals surface area contributed by atoms with Crippen molar-refractivity contribution in [2.45, 2.75) is 51.3 Å². The lowest BCUT2D eigenvalue weighted by molar-refractivity contribution is 0.210. The Bertz CT molecular complexity index is 1260. The molecule has 0 bridgehead atoms. The molecule has 170 valence electrons. The summed E-state index contributed by atoms with van der Waals surface area (Å²) in [6, 6.07) is 14.5. The van der Waals surface area contributed by atoms with E-state index in [1.165, 1.54) is 22.3 Å². The molecule has 2 aromatic heterocycles. The van der Waals surface area contributed by atoms with Crippen LogP contribution in [-0.2, 0) is 12.3 Å². The summed E-state index contributed by atoms with van der Waals surface area (Å²) in [7, 11) is 0. The minimum absolute atomic E-state index is 0.235. The highest BCUT2D eigenvalue weighted by molar-refractivity contribution is 7.98. The smallest absolute Gasteiger partial charge is 0.192 e. The van der Waals surface area contributed by atoms with Gasteiger partial charge < -0.3 is 4.74 Å². The summed E-state index contributed by atoms with van der Waals surface area (Å²) in [5, 5.41) is 12.9. The van der Waals surface area contributed by atoms with Crippen LogP contribution in [-0.4, -0.2) is 19.7 Å². The number of rotatable bonds is 9. The number of aromatic nitrogens is 4. The standard InChI is InChI=1S/C26H28N4OS2/c1-6-13-30-24(20(5)31-22-12-11-17(2)19(4)14-22)28-29-26(30)33-16-21-15-32-25(27-21)23-10-8-7-9-18(23)3/h6-12,14-15,20H,1,13,16H2,2-5H3. The van der Waals surface area contributed by atoms with Gasteiger partial charge in [0.05, 0.1) is 5.69 Å². The summed E-state index contributed by atoms with van der Waals surface area (Å²) in [4.78, 5) is 4.84. The lowest BCUT2D eigenvalue weighted by Gasteiger charge is -2.16. The highest BCUT2D eigenvalue weighted by atomic mass is 32.2. The molecule has 0 aliphatic carbocycles. The Labute approximate surface area is 203 Å². The van der Waals surface area contributed by atoms with Crippen LogP contribution in [0.2, 0.25) is 0 Å². The zero-order valence-corrected chi connectivity index (χ0v) is 21.0. The van der Waals surface area contributed by atoms with Crippen LogP contribution in [0.4, 0.5) is 0 Å². The van der Waals surface area contributed by atoms with E-state index in [2.05, 4.69) is 83.9 Å². The topological polar surface area (TPSA) is 52.8 Å². The van der Waals surface area contributed by atoms with Gasteiger partial charge in [-0.1, -0.05) is 48.2 Å². The first-order valence-corrected chi connectivity index (χ1v) is 12.7. The van der Waals surface area contributed by atoms with E-state index in [4.69, 9.17) is 9.72 Å². The molecule has 0 aliphatic heterocycles. The van der Waals surface area contributed by atoms with E-state index in [0.717, 1.165) is 33.2 Å². The number of thiazole rings is 1. The summed E-state index contributed by atoms with van der Waals surface area (Å²) in [5.74, 6) is 2.35. The molecule has 1 unspecified atom stereocenters. The fraction of sp³-hybridized carbons (Fsp3) is 0.269. The number of benzene rings is 2. The second kappa shape index (κ2) is 10.4. The predicted molar refractivity (Wildman–Crippen MR) is 137 cm³/mol. The Morgan fingerprint density at radius 3 is 2.67 bits per heavy atom. The maximum atomic E-state index is 6.19. The van der Waals surface area contributed by atoms with Gasteiger partial charge in [0.1, 0.15) is 10.8 Å². The van der Waals surface area contributed by atoms with Gasteiger partial charge >= 0.3 is 0 Å². The molecule has 0 amide bonds. The minimum atomic E-state index is -0.235. The van der Waals surface area contributed by atoms with Gasteiger partial charge in [0.2, 0.25) is 0 Å². The van der Waals surface area contributed by atoms with E-state index in [-0.39, 0.29) is 6.10 Å². The number of hydrogen-bond acceptors (Lipinski definition) is 6. The Morgan fingerprint density at radius 1 is 1.09 bits per heavy atom. The van der Waals surface area contributed by atoms with Gasteiger partial charge in [0.15, 0.2) is 17.1 Å². The molecule has 0 aliphatic rings. The molecule has 2 aromatic carbocycles. The third kappa shape index (κ3) is 5.37. The molecule has 2 heterocycles. The van der Waals surface area contributed by atoms with Gasteiger partial charge in [0, 0.05) is 23.2 Å². The van der Waals surface area contributed by atoms with Crippen molar-refractivity contribution in [3.63, 3.8) is 0 Å². The Balaban J connectivity index is 1.48. The minimum Gasteiger partial charge on any atom is -0.483 e. The Kier molecular flexibility index (Phi) is 7.30. The number of ether oxygens (including phenoxy) is 1. The molecular formula is C26H28N4OS2. The number of thioether (sulfide) groups is 1. The van der Waals surface area contributed by atoms with Crippen LogP contribution >= 0.6 is 23.1 Å². The molecule has 1 atom stereocenters. The summed E-state index contributed by atoms with van der Waals surface area (Å²) < 4.78 is 8.25. The van der Waals surface area contributed by atoms with Gasteiger partial charge in [-0.2, -0.15) is 0 Å². The van der Waals surface area contributed by atoms with Crippen LogP contribution in [0.5, 0.6) is 5.75 Å². The van der Waals surface area contributed by atoms with Crippen LogP contribution in [0, 0.1) is 20.8 Å². The first kappa shape index (κ1) is 23.3. The van der Waals surface area contributed by atoms with Crippen LogP contribution < -0.4 is 4.74 Å². The largest absolute Gasteiger partial charge is 0.483 e. The summed E-state index contributed by atoms with van der Waals surface area (Å²) in [6.07, 6.45) is 1.62. The average Bonchev–Trinajstić information content (AvgIpc) is 3.43. The number of aryl methyl sites for hydroxylation is 3. The van der Waals surface area contributed by atoms with Crippen molar-refractivity contribution in [2.75, 3.05) is 0 Å². The van der Waals surface area contributed by atoms with Crippen LogP contribution in [0.1, 0.15) is 41.2 Å². The zero-order chi connectivity index (χ0) is 23.4. The summed E-state index contributed by atoms with van der Waals surface area (Å²) in [5.41, 5.74) is 5.91. The molecule has 0 spiro atoms. The third-order valence-electron chi connectivity index (χ3n) is 5.49. The average molecular weight is 477 g/mol. The van der Waals surface area contributed by atoms with Crippen molar-refractivity contribution >= 4 is 23.1 Å². The Hall–Kier alpha value is -2.90. The monoisotopic (exact) mass is 476 g/mol. The maximum Gasteiger partial charge on any atom is 0.192 e. The second-order valence-electron chi connectivity index (χ2n) is 7.99. The van der Waals surface area contributed by atoms with Crippen LogP contribution in [0.15, 0.2) is 65.7 Å². The van der Waals surface area contributed by atoms with Crippen molar-refractivity contribution in [3.05, 3.63) is 88.7 Å². The third-order valence-corrected chi connectivity index (χ3v) is 7.41. The first-order chi connectivity index (χ1) is 16.0. The van der Waals surface area contributed by atoms with Crippen molar-refractivity contribution in [1.82, 2.24) is 19.7 Å². The number of hydrogen-bond donors (Lipinski definition) is 0. The Morgan fingerprint density at radius 2 is 1.91 bits per heavy atom. The molecule has 4 aromatic rings. The van der Waals surface area contributed by atoms with Crippen LogP contribution in [0.3, 0.4) is 0 Å². The first-order valence-electron chi connectivity index (χ1n) is 10.9. The van der Waals surface area contributed by atoms with Crippen molar-refractivity contribution in [1.29, 1.82) is 0 Å². The summed E-state index contributed by atoms with van der Waals surface area (Å²) in [6.45, 7) is 12.8. The van der Waals surface area contributed by atoms with Gasteiger partial charge in [-0.25, -0.2) is 4.98 Å². The molecule has 0 fully saturated rings. The fourth-order valence-electron chi connectivity index (χ4n) is 3.50. The molecule has 7 heteroatoms. The molecular weight excluding hydrogens is 448 g/mol. The molecule has 33 heavy (non-hydrogen) atoms.